The molecule has 2 aromatic heterocycles. The van der Waals surface area contributed by atoms with Gasteiger partial charge in [-0.2, -0.15) is 5.10 Å². The number of ether oxygens (including phenoxy) is 1. The minimum atomic E-state index is 0.653. The fraction of sp³-hybridized carbons (Fsp3) is 0.500. The minimum absolute atomic E-state index is 0.653. The van der Waals surface area contributed by atoms with Gasteiger partial charge >= 0.3 is 0 Å². The Hall–Kier alpha value is -2.59. The van der Waals surface area contributed by atoms with E-state index in [2.05, 4.69) is 61.8 Å². The summed E-state index contributed by atoms with van der Waals surface area (Å²) in [5.74, 6) is 0.653. The zero-order valence-corrected chi connectivity index (χ0v) is 18.1. The van der Waals surface area contributed by atoms with Gasteiger partial charge in [0.2, 0.25) is 5.95 Å². The second kappa shape index (κ2) is 9.27. The molecule has 9 nitrogen and oxygen atoms in total. The third-order valence-corrected chi connectivity index (χ3v) is 6.06. The van der Waals surface area contributed by atoms with E-state index in [9.17, 15) is 0 Å². The Morgan fingerprint density at radius 2 is 1.81 bits per heavy atom. The third-order valence-electron chi connectivity index (χ3n) is 6.06. The van der Waals surface area contributed by atoms with Gasteiger partial charge in [0.15, 0.2) is 0 Å². The van der Waals surface area contributed by atoms with Crippen molar-refractivity contribution in [3.63, 3.8) is 0 Å². The van der Waals surface area contributed by atoms with E-state index in [-0.39, 0.29) is 0 Å². The Morgan fingerprint density at radius 3 is 2.65 bits per heavy atom. The van der Waals surface area contributed by atoms with Crippen molar-refractivity contribution in [2.24, 2.45) is 0 Å². The van der Waals surface area contributed by atoms with Crippen molar-refractivity contribution >= 4 is 16.9 Å². The quantitative estimate of drug-likeness (QED) is 0.639. The molecule has 0 unspecified atom stereocenters. The molecule has 0 radical (unpaired) electrons. The summed E-state index contributed by atoms with van der Waals surface area (Å²) in [5.41, 5.74) is 6.53. The zero-order valence-electron chi connectivity index (χ0n) is 18.1. The summed E-state index contributed by atoms with van der Waals surface area (Å²) in [6.45, 7) is 9.57. The number of benzene rings is 1. The summed E-state index contributed by atoms with van der Waals surface area (Å²) in [6.07, 6.45) is 5.95. The van der Waals surface area contributed by atoms with Gasteiger partial charge in [-0.1, -0.05) is 6.07 Å². The van der Waals surface area contributed by atoms with Crippen LogP contribution in [0.1, 0.15) is 0 Å². The number of anilines is 1. The predicted molar refractivity (Wildman–Crippen MR) is 121 cm³/mol. The first-order valence-corrected chi connectivity index (χ1v) is 11.0. The molecule has 0 spiro atoms. The molecule has 1 N–H and O–H groups in total. The first-order valence-electron chi connectivity index (χ1n) is 11.0. The molecular weight excluding hydrogens is 392 g/mol. The first-order chi connectivity index (χ1) is 15.2. The molecule has 164 valence electrons. The van der Waals surface area contributed by atoms with Crippen molar-refractivity contribution in [2.75, 3.05) is 71.5 Å². The maximum Gasteiger partial charge on any atom is 0.238 e. The largest absolute Gasteiger partial charge is 0.379 e. The average molecular weight is 423 g/mol. The highest BCUT2D eigenvalue weighted by atomic mass is 16.5. The highest BCUT2D eigenvalue weighted by molar-refractivity contribution is 5.84. The van der Waals surface area contributed by atoms with Crippen LogP contribution in [0.2, 0.25) is 0 Å². The van der Waals surface area contributed by atoms with Crippen LogP contribution in [0.5, 0.6) is 0 Å². The number of nitrogens with zero attached hydrogens (tertiary/aromatic N) is 7. The summed E-state index contributed by atoms with van der Waals surface area (Å²) in [4.78, 5) is 14.0. The van der Waals surface area contributed by atoms with E-state index in [0.717, 1.165) is 87.6 Å². The Balaban J connectivity index is 1.24. The number of piperazine rings is 1. The van der Waals surface area contributed by atoms with Crippen LogP contribution < -0.4 is 5.43 Å². The highest BCUT2D eigenvalue weighted by Crippen LogP contribution is 2.23. The second-order valence-electron chi connectivity index (χ2n) is 8.32. The summed E-state index contributed by atoms with van der Waals surface area (Å²) in [7, 11) is 2.15. The minimum Gasteiger partial charge on any atom is -0.379 e. The predicted octanol–water partition coefficient (Wildman–Crippen LogP) is 1.40. The van der Waals surface area contributed by atoms with Crippen LogP contribution in [0, 0.1) is 0 Å². The topological polar surface area (TPSA) is 74.6 Å². The van der Waals surface area contributed by atoms with E-state index < -0.39 is 0 Å². The lowest BCUT2D eigenvalue weighted by molar-refractivity contribution is 0.0360. The molecule has 0 aliphatic carbocycles. The van der Waals surface area contributed by atoms with E-state index in [4.69, 9.17) is 9.72 Å². The molecule has 4 heterocycles. The van der Waals surface area contributed by atoms with Gasteiger partial charge in [-0.15, -0.1) is 0 Å². The van der Waals surface area contributed by atoms with Crippen LogP contribution in [0.3, 0.4) is 0 Å². The second-order valence-corrected chi connectivity index (χ2v) is 8.32. The molecule has 0 amide bonds. The van der Waals surface area contributed by atoms with Crippen molar-refractivity contribution in [3.05, 3.63) is 36.8 Å². The molecule has 2 saturated heterocycles. The maximum absolute atomic E-state index is 5.42. The summed E-state index contributed by atoms with van der Waals surface area (Å²) in [5, 5.41) is 7.76. The number of hydrogen-bond acceptors (Lipinski definition) is 8. The summed E-state index contributed by atoms with van der Waals surface area (Å²) in [6, 6.07) is 6.31. The van der Waals surface area contributed by atoms with Crippen LogP contribution >= 0.6 is 0 Å². The Kier molecular flexibility index (Phi) is 6.08. The van der Waals surface area contributed by atoms with Gasteiger partial charge in [-0.3, -0.25) is 15.0 Å². The van der Waals surface area contributed by atoms with E-state index in [1.165, 1.54) is 0 Å². The lowest BCUT2D eigenvalue weighted by Gasteiger charge is -2.32. The Bertz CT molecular complexity index is 1010. The molecule has 1 aromatic carbocycles. The van der Waals surface area contributed by atoms with Crippen molar-refractivity contribution in [1.82, 2.24) is 34.6 Å². The van der Waals surface area contributed by atoms with Crippen molar-refractivity contribution < 1.29 is 4.74 Å². The van der Waals surface area contributed by atoms with E-state index >= 15 is 0 Å². The maximum atomic E-state index is 5.42. The number of rotatable bonds is 6. The van der Waals surface area contributed by atoms with Gasteiger partial charge in [0, 0.05) is 69.2 Å². The van der Waals surface area contributed by atoms with Crippen LogP contribution in [0.4, 0.5) is 5.95 Å². The fourth-order valence-electron chi connectivity index (χ4n) is 4.03. The van der Waals surface area contributed by atoms with Gasteiger partial charge in [0.25, 0.3) is 0 Å². The molecule has 0 bridgehead atoms. The molecule has 31 heavy (non-hydrogen) atoms. The van der Waals surface area contributed by atoms with E-state index in [1.54, 1.807) is 0 Å². The highest BCUT2D eigenvalue weighted by Gasteiger charge is 2.15. The number of nitrogens with one attached hydrogen (secondary N) is 1. The molecule has 0 atom stereocenters. The van der Waals surface area contributed by atoms with Crippen LogP contribution in [0.25, 0.3) is 22.0 Å². The SMILES string of the molecule is CN1CCN(Nc2ncc3cc(-c4cnn(CCN5CCOCC5)c4)ccc3n2)CC1. The van der Waals surface area contributed by atoms with Gasteiger partial charge in [0.05, 0.1) is 31.5 Å². The van der Waals surface area contributed by atoms with Crippen LogP contribution in [0.15, 0.2) is 36.8 Å². The van der Waals surface area contributed by atoms with Crippen LogP contribution in [-0.2, 0) is 11.3 Å². The van der Waals surface area contributed by atoms with Crippen molar-refractivity contribution in [1.29, 1.82) is 0 Å². The molecular formula is C22H30N8O. The Labute approximate surface area is 182 Å². The molecule has 2 fully saturated rings. The van der Waals surface area contributed by atoms with Crippen LogP contribution in [-0.4, -0.2) is 101 Å². The third kappa shape index (κ3) is 5.01. The Morgan fingerprint density at radius 1 is 0.968 bits per heavy atom. The summed E-state index contributed by atoms with van der Waals surface area (Å²) < 4.78 is 7.44. The molecule has 2 aliphatic heterocycles. The van der Waals surface area contributed by atoms with Crippen molar-refractivity contribution in [2.45, 2.75) is 6.54 Å². The first kappa shape index (κ1) is 20.3. The number of likely N-dealkylation sites (N-methyl/N-ethyl adjacent to an activating group) is 1. The van der Waals surface area contributed by atoms with Gasteiger partial charge < -0.3 is 9.64 Å². The normalized spacial score (nSPS) is 19.1. The van der Waals surface area contributed by atoms with E-state index in [1.807, 2.05) is 17.1 Å². The number of hydrazine groups is 1. The zero-order chi connectivity index (χ0) is 21.0. The molecule has 3 aromatic rings. The smallest absolute Gasteiger partial charge is 0.238 e. The lowest BCUT2D eigenvalue weighted by Crippen LogP contribution is -2.47. The molecule has 0 saturated carbocycles. The molecule has 2 aliphatic rings. The monoisotopic (exact) mass is 422 g/mol. The van der Waals surface area contributed by atoms with Gasteiger partial charge in [0.1, 0.15) is 0 Å². The lowest BCUT2D eigenvalue weighted by atomic mass is 10.1. The van der Waals surface area contributed by atoms with E-state index in [0.29, 0.717) is 5.95 Å². The summed E-state index contributed by atoms with van der Waals surface area (Å²) >= 11 is 0. The number of fused-ring (bicyclic) bond motifs is 1. The molecule has 5 rings (SSSR count). The standard InChI is InChI=1S/C22H30N8O/c1-27-4-7-29(8-5-27)26-22-23-15-19-14-18(2-3-21(19)25-22)20-16-24-30(17-20)9-6-28-10-12-31-13-11-28/h2-3,14-17H,4-13H2,1H3,(H,23,25,26). The van der Waals surface area contributed by atoms with Crippen molar-refractivity contribution in [3.8, 4) is 11.1 Å². The number of morpholine rings is 1. The molecule has 9 heteroatoms. The number of aromatic nitrogens is 4. The fourth-order valence-corrected chi connectivity index (χ4v) is 4.03. The number of hydrogen-bond donors (Lipinski definition) is 1. The van der Waals surface area contributed by atoms with Gasteiger partial charge in [-0.25, -0.2) is 15.0 Å². The average Bonchev–Trinajstić information content (AvgIpc) is 3.29. The van der Waals surface area contributed by atoms with Gasteiger partial charge in [-0.05, 0) is 24.7 Å².